The molecule has 0 amide bonds. The summed E-state index contributed by atoms with van der Waals surface area (Å²) < 4.78 is 0. The standard InChI is InChI=1S/C17H14ClNO/c1-12(20)17(10-13-5-7-16(18)8-6-13)15-4-2-3-14(9-15)11-19/h2-9,17H,10H2,1H3. The number of nitrogens with zero attached hydrogens (tertiary/aromatic N) is 1. The van der Waals surface area contributed by atoms with E-state index in [-0.39, 0.29) is 11.7 Å². The van der Waals surface area contributed by atoms with Crippen molar-refractivity contribution >= 4 is 17.4 Å². The predicted octanol–water partition coefficient (Wildman–Crippen LogP) is 4.13. The lowest BCUT2D eigenvalue weighted by Gasteiger charge is -2.14. The number of halogens is 1. The molecule has 0 heterocycles. The smallest absolute Gasteiger partial charge is 0.137 e. The van der Waals surface area contributed by atoms with Gasteiger partial charge in [-0.2, -0.15) is 5.26 Å². The molecule has 100 valence electrons. The van der Waals surface area contributed by atoms with Crippen molar-refractivity contribution in [3.63, 3.8) is 0 Å². The van der Waals surface area contributed by atoms with Gasteiger partial charge in [0.2, 0.25) is 0 Å². The van der Waals surface area contributed by atoms with Gasteiger partial charge < -0.3 is 0 Å². The van der Waals surface area contributed by atoms with Crippen molar-refractivity contribution in [3.05, 3.63) is 70.2 Å². The van der Waals surface area contributed by atoms with E-state index in [9.17, 15) is 4.79 Å². The zero-order valence-corrected chi connectivity index (χ0v) is 11.9. The Kier molecular flexibility index (Phi) is 4.55. The van der Waals surface area contributed by atoms with Crippen LogP contribution in [0.5, 0.6) is 0 Å². The quantitative estimate of drug-likeness (QED) is 0.846. The van der Waals surface area contributed by atoms with Crippen molar-refractivity contribution in [2.75, 3.05) is 0 Å². The van der Waals surface area contributed by atoms with E-state index in [1.54, 1.807) is 19.1 Å². The van der Waals surface area contributed by atoms with Crippen LogP contribution in [0.1, 0.15) is 29.5 Å². The molecule has 0 N–H and O–H groups in total. The second kappa shape index (κ2) is 6.36. The lowest BCUT2D eigenvalue weighted by Crippen LogP contribution is -2.12. The van der Waals surface area contributed by atoms with E-state index in [1.807, 2.05) is 36.4 Å². The van der Waals surface area contributed by atoms with Crippen LogP contribution in [0.2, 0.25) is 5.02 Å². The summed E-state index contributed by atoms with van der Waals surface area (Å²) in [6.07, 6.45) is 0.612. The number of carbonyl (C=O) groups is 1. The molecule has 0 aliphatic heterocycles. The summed E-state index contributed by atoms with van der Waals surface area (Å²) in [5.74, 6) is -0.139. The van der Waals surface area contributed by atoms with Gasteiger partial charge in [-0.05, 0) is 48.7 Å². The van der Waals surface area contributed by atoms with Gasteiger partial charge in [-0.15, -0.1) is 0 Å². The Balaban J connectivity index is 2.29. The minimum Gasteiger partial charge on any atom is -0.299 e. The molecule has 0 aromatic heterocycles. The van der Waals surface area contributed by atoms with Gasteiger partial charge in [0, 0.05) is 10.9 Å². The summed E-state index contributed by atoms with van der Waals surface area (Å²) in [7, 11) is 0. The first-order chi connectivity index (χ1) is 9.60. The van der Waals surface area contributed by atoms with E-state index < -0.39 is 0 Å². The van der Waals surface area contributed by atoms with Crippen LogP contribution in [-0.2, 0) is 11.2 Å². The van der Waals surface area contributed by atoms with E-state index in [0.717, 1.165) is 11.1 Å². The van der Waals surface area contributed by atoms with Crippen molar-refractivity contribution in [1.29, 1.82) is 5.26 Å². The maximum atomic E-state index is 11.9. The highest BCUT2D eigenvalue weighted by molar-refractivity contribution is 6.30. The fraction of sp³-hybridized carbons (Fsp3) is 0.176. The monoisotopic (exact) mass is 283 g/mol. The van der Waals surface area contributed by atoms with Gasteiger partial charge >= 0.3 is 0 Å². The number of Topliss-reactive ketones (excluding diaryl/α,β-unsaturated/α-hetero) is 1. The van der Waals surface area contributed by atoms with Gasteiger partial charge in [-0.25, -0.2) is 0 Å². The molecule has 2 nitrogen and oxygen atoms in total. The largest absolute Gasteiger partial charge is 0.299 e. The number of nitriles is 1. The Morgan fingerprint density at radius 2 is 1.95 bits per heavy atom. The third-order valence-corrected chi connectivity index (χ3v) is 3.51. The molecule has 0 aliphatic rings. The maximum absolute atomic E-state index is 11.9. The van der Waals surface area contributed by atoms with E-state index in [2.05, 4.69) is 6.07 Å². The van der Waals surface area contributed by atoms with Crippen molar-refractivity contribution in [2.45, 2.75) is 19.3 Å². The minimum absolute atomic E-state index is 0.0926. The lowest BCUT2D eigenvalue weighted by molar-refractivity contribution is -0.118. The summed E-state index contributed by atoms with van der Waals surface area (Å²) in [6, 6.07) is 16.8. The molecule has 0 spiro atoms. The maximum Gasteiger partial charge on any atom is 0.137 e. The average Bonchev–Trinajstić information content (AvgIpc) is 2.46. The average molecular weight is 284 g/mol. The van der Waals surface area contributed by atoms with E-state index in [0.29, 0.717) is 17.0 Å². The third-order valence-electron chi connectivity index (χ3n) is 3.26. The minimum atomic E-state index is -0.232. The second-order valence-electron chi connectivity index (χ2n) is 4.73. The van der Waals surface area contributed by atoms with Crippen molar-refractivity contribution in [3.8, 4) is 6.07 Å². The first kappa shape index (κ1) is 14.3. The summed E-state index contributed by atoms with van der Waals surface area (Å²) in [5, 5.41) is 9.63. The Morgan fingerprint density at radius 1 is 1.25 bits per heavy atom. The molecule has 2 aromatic rings. The first-order valence-corrected chi connectivity index (χ1v) is 6.73. The van der Waals surface area contributed by atoms with Gasteiger partial charge in [-0.3, -0.25) is 4.79 Å². The fourth-order valence-electron chi connectivity index (χ4n) is 2.18. The number of benzene rings is 2. The molecule has 0 saturated heterocycles. The van der Waals surface area contributed by atoms with Gasteiger partial charge in [0.1, 0.15) is 5.78 Å². The zero-order chi connectivity index (χ0) is 14.5. The molecule has 2 aromatic carbocycles. The highest BCUT2D eigenvalue weighted by Crippen LogP contribution is 2.23. The Labute approximate surface area is 123 Å². The van der Waals surface area contributed by atoms with Crippen LogP contribution in [0.4, 0.5) is 0 Å². The first-order valence-electron chi connectivity index (χ1n) is 6.35. The molecule has 0 bridgehead atoms. The Bertz CT molecular complexity index is 655. The normalized spacial score (nSPS) is 11.7. The van der Waals surface area contributed by atoms with E-state index >= 15 is 0 Å². The van der Waals surface area contributed by atoms with Crippen molar-refractivity contribution in [2.24, 2.45) is 0 Å². The Hall–Kier alpha value is -2.11. The van der Waals surface area contributed by atoms with Crippen LogP contribution in [0.25, 0.3) is 0 Å². The van der Waals surface area contributed by atoms with Crippen LogP contribution in [0, 0.1) is 11.3 Å². The van der Waals surface area contributed by atoms with Crippen LogP contribution in [0.3, 0.4) is 0 Å². The zero-order valence-electron chi connectivity index (χ0n) is 11.1. The molecule has 0 radical (unpaired) electrons. The summed E-state index contributed by atoms with van der Waals surface area (Å²) in [5.41, 5.74) is 2.51. The highest BCUT2D eigenvalue weighted by atomic mass is 35.5. The molecular weight excluding hydrogens is 270 g/mol. The second-order valence-corrected chi connectivity index (χ2v) is 5.17. The molecule has 0 fully saturated rings. The number of carbonyl (C=O) groups excluding carboxylic acids is 1. The SMILES string of the molecule is CC(=O)C(Cc1ccc(Cl)cc1)c1cccc(C#N)c1. The van der Waals surface area contributed by atoms with E-state index in [1.165, 1.54) is 0 Å². The molecule has 3 heteroatoms. The molecule has 0 aliphatic carbocycles. The number of hydrogen-bond donors (Lipinski definition) is 0. The van der Waals surface area contributed by atoms with Gasteiger partial charge in [0.25, 0.3) is 0 Å². The Morgan fingerprint density at radius 3 is 2.55 bits per heavy atom. The number of hydrogen-bond acceptors (Lipinski definition) is 2. The molecule has 1 atom stereocenters. The predicted molar refractivity (Wildman–Crippen MR) is 79.7 cm³/mol. The number of rotatable bonds is 4. The number of ketones is 1. The van der Waals surface area contributed by atoms with Gasteiger partial charge in [0.05, 0.1) is 11.6 Å². The molecular formula is C17H14ClNO. The molecule has 1 unspecified atom stereocenters. The molecule has 2 rings (SSSR count). The van der Waals surface area contributed by atoms with Crippen LogP contribution in [0.15, 0.2) is 48.5 Å². The van der Waals surface area contributed by atoms with E-state index in [4.69, 9.17) is 16.9 Å². The van der Waals surface area contributed by atoms with Crippen LogP contribution >= 0.6 is 11.6 Å². The highest BCUT2D eigenvalue weighted by Gasteiger charge is 2.17. The topological polar surface area (TPSA) is 40.9 Å². The third kappa shape index (κ3) is 3.46. The summed E-state index contributed by atoms with van der Waals surface area (Å²) >= 11 is 5.86. The van der Waals surface area contributed by atoms with Crippen LogP contribution in [-0.4, -0.2) is 5.78 Å². The molecule has 0 saturated carbocycles. The van der Waals surface area contributed by atoms with Crippen molar-refractivity contribution in [1.82, 2.24) is 0 Å². The summed E-state index contributed by atoms with van der Waals surface area (Å²) in [6.45, 7) is 1.58. The lowest BCUT2D eigenvalue weighted by atomic mass is 9.88. The molecule has 20 heavy (non-hydrogen) atoms. The van der Waals surface area contributed by atoms with Crippen LogP contribution < -0.4 is 0 Å². The van der Waals surface area contributed by atoms with Gasteiger partial charge in [-0.1, -0.05) is 35.9 Å². The van der Waals surface area contributed by atoms with Gasteiger partial charge in [0.15, 0.2) is 0 Å². The summed E-state index contributed by atoms with van der Waals surface area (Å²) in [4.78, 5) is 11.9. The fourth-order valence-corrected chi connectivity index (χ4v) is 2.30. The van der Waals surface area contributed by atoms with Crippen molar-refractivity contribution < 1.29 is 4.79 Å².